The van der Waals surface area contributed by atoms with Crippen molar-refractivity contribution in [1.29, 1.82) is 0 Å². The number of fused-ring (bicyclic) bond motifs is 1. The lowest BCUT2D eigenvalue weighted by molar-refractivity contribution is -0.120. The molecule has 0 bridgehead atoms. The van der Waals surface area contributed by atoms with E-state index in [0.717, 1.165) is 36.3 Å². The number of carbonyl (C=O) groups is 2. The van der Waals surface area contributed by atoms with Gasteiger partial charge in [0.2, 0.25) is 5.91 Å². The Kier molecular flexibility index (Phi) is 5.60. The van der Waals surface area contributed by atoms with Crippen LogP contribution in [0.4, 0.5) is 11.5 Å². The third kappa shape index (κ3) is 3.96. The molecule has 1 aromatic carbocycles. The summed E-state index contributed by atoms with van der Waals surface area (Å²) < 4.78 is 10.2. The Bertz CT molecular complexity index is 1060. The Morgan fingerprint density at radius 1 is 1.27 bits per heavy atom. The quantitative estimate of drug-likeness (QED) is 0.641. The van der Waals surface area contributed by atoms with E-state index in [1.165, 1.54) is 6.33 Å². The van der Waals surface area contributed by atoms with Gasteiger partial charge in [0.25, 0.3) is 5.71 Å². The summed E-state index contributed by atoms with van der Waals surface area (Å²) in [6.07, 6.45) is 3.12. The van der Waals surface area contributed by atoms with Crippen molar-refractivity contribution in [2.24, 2.45) is 5.92 Å². The third-order valence-electron chi connectivity index (χ3n) is 5.18. The topological polar surface area (TPSA) is 110 Å². The van der Waals surface area contributed by atoms with Gasteiger partial charge in [-0.3, -0.25) is 4.79 Å². The fourth-order valence-corrected chi connectivity index (χ4v) is 3.68. The van der Waals surface area contributed by atoms with E-state index >= 15 is 0 Å². The number of carbonyl (C=O) groups excluding carboxylic acids is 2. The molecule has 9 nitrogen and oxygen atoms in total. The average Bonchev–Trinajstić information content (AvgIpc) is 3.15. The van der Waals surface area contributed by atoms with Crippen LogP contribution in [0.2, 0.25) is 0 Å². The van der Waals surface area contributed by atoms with Gasteiger partial charge in [0.15, 0.2) is 0 Å². The Balaban J connectivity index is 1.45. The van der Waals surface area contributed by atoms with Gasteiger partial charge in [0, 0.05) is 18.8 Å². The van der Waals surface area contributed by atoms with E-state index in [4.69, 9.17) is 9.26 Å². The third-order valence-corrected chi connectivity index (χ3v) is 5.18. The zero-order chi connectivity index (χ0) is 21.1. The first-order valence-electron chi connectivity index (χ1n) is 9.96. The molecule has 3 heterocycles. The largest absolute Gasteiger partial charge is 0.462 e. The number of aromatic nitrogens is 3. The highest BCUT2D eigenvalue weighted by Crippen LogP contribution is 2.29. The van der Waals surface area contributed by atoms with Gasteiger partial charge < -0.3 is 19.5 Å². The summed E-state index contributed by atoms with van der Waals surface area (Å²) in [4.78, 5) is 35.2. The zero-order valence-electron chi connectivity index (χ0n) is 16.9. The molecule has 0 saturated carbocycles. The van der Waals surface area contributed by atoms with Gasteiger partial charge in [-0.1, -0.05) is 5.16 Å². The van der Waals surface area contributed by atoms with E-state index in [0.29, 0.717) is 30.1 Å². The van der Waals surface area contributed by atoms with E-state index in [9.17, 15) is 9.59 Å². The maximum atomic E-state index is 12.9. The Morgan fingerprint density at radius 2 is 2.07 bits per heavy atom. The minimum Gasteiger partial charge on any atom is -0.462 e. The summed E-state index contributed by atoms with van der Waals surface area (Å²) in [5.74, 6) is 0.123. The molecule has 3 aromatic rings. The van der Waals surface area contributed by atoms with Crippen LogP contribution in [-0.4, -0.2) is 46.7 Å². The number of esters is 1. The maximum Gasteiger partial charge on any atom is 0.338 e. The second-order valence-corrected chi connectivity index (χ2v) is 7.22. The number of aryl methyl sites for hydroxylation is 1. The molecule has 1 aliphatic rings. The number of piperidine rings is 1. The Morgan fingerprint density at radius 3 is 2.83 bits per heavy atom. The van der Waals surface area contributed by atoms with E-state index in [-0.39, 0.29) is 17.8 Å². The normalized spacial score (nSPS) is 16.5. The summed E-state index contributed by atoms with van der Waals surface area (Å²) in [7, 11) is 0. The molecule has 1 N–H and O–H groups in total. The molecular formula is C21H23N5O4. The highest BCUT2D eigenvalue weighted by atomic mass is 16.5. The van der Waals surface area contributed by atoms with E-state index in [1.807, 2.05) is 6.92 Å². The molecule has 0 radical (unpaired) electrons. The molecule has 1 amide bonds. The zero-order valence-corrected chi connectivity index (χ0v) is 16.9. The SMILES string of the molecule is CCOC(=O)c1ccc(NC(=O)[C@H]2CCCN(c3ncnc4onc(C)c34)C2)cc1. The Labute approximate surface area is 173 Å². The molecular weight excluding hydrogens is 386 g/mol. The van der Waals surface area contributed by atoms with Gasteiger partial charge >= 0.3 is 5.97 Å². The van der Waals surface area contributed by atoms with Crippen molar-refractivity contribution in [1.82, 2.24) is 15.1 Å². The average molecular weight is 409 g/mol. The monoisotopic (exact) mass is 409 g/mol. The van der Waals surface area contributed by atoms with Crippen LogP contribution in [0.5, 0.6) is 0 Å². The standard InChI is InChI=1S/C21H23N5O4/c1-3-29-21(28)14-6-8-16(9-7-14)24-19(27)15-5-4-10-26(11-15)18-17-13(2)25-30-20(17)23-12-22-18/h6-9,12,15H,3-5,10-11H2,1-2H3,(H,24,27)/t15-/m0/s1. The van der Waals surface area contributed by atoms with Crippen LogP contribution in [-0.2, 0) is 9.53 Å². The number of benzene rings is 1. The molecule has 1 fully saturated rings. The van der Waals surface area contributed by atoms with Gasteiger partial charge in [0.1, 0.15) is 17.5 Å². The molecule has 1 saturated heterocycles. The summed E-state index contributed by atoms with van der Waals surface area (Å²) >= 11 is 0. The lowest BCUT2D eigenvalue weighted by atomic mass is 9.96. The number of anilines is 2. The van der Waals surface area contributed by atoms with Crippen molar-refractivity contribution in [3.63, 3.8) is 0 Å². The number of ether oxygens (including phenoxy) is 1. The second-order valence-electron chi connectivity index (χ2n) is 7.22. The first-order chi connectivity index (χ1) is 14.6. The lowest BCUT2D eigenvalue weighted by Crippen LogP contribution is -2.41. The van der Waals surface area contributed by atoms with Gasteiger partial charge in [-0.25, -0.2) is 9.78 Å². The highest BCUT2D eigenvalue weighted by molar-refractivity contribution is 5.95. The molecule has 0 spiro atoms. The van der Waals surface area contributed by atoms with Crippen LogP contribution in [0.15, 0.2) is 35.1 Å². The number of hydrogen-bond donors (Lipinski definition) is 1. The molecule has 1 atom stereocenters. The number of amides is 1. The molecule has 4 rings (SSSR count). The van der Waals surface area contributed by atoms with Crippen LogP contribution in [0.1, 0.15) is 35.8 Å². The van der Waals surface area contributed by atoms with Crippen LogP contribution < -0.4 is 10.2 Å². The van der Waals surface area contributed by atoms with Crippen molar-refractivity contribution >= 4 is 34.5 Å². The van der Waals surface area contributed by atoms with Crippen LogP contribution in [0.25, 0.3) is 11.1 Å². The van der Waals surface area contributed by atoms with Crippen molar-refractivity contribution in [3.8, 4) is 0 Å². The minimum absolute atomic E-state index is 0.0593. The number of rotatable bonds is 5. The number of nitrogens with zero attached hydrogens (tertiary/aromatic N) is 4. The second kappa shape index (κ2) is 8.48. The first-order valence-corrected chi connectivity index (χ1v) is 9.96. The van der Waals surface area contributed by atoms with Crippen molar-refractivity contribution in [3.05, 3.63) is 41.9 Å². The van der Waals surface area contributed by atoms with Crippen LogP contribution >= 0.6 is 0 Å². The highest BCUT2D eigenvalue weighted by Gasteiger charge is 2.28. The van der Waals surface area contributed by atoms with E-state index < -0.39 is 0 Å². The molecule has 0 unspecified atom stereocenters. The predicted octanol–water partition coefficient (Wildman–Crippen LogP) is 2.96. The first kappa shape index (κ1) is 19.8. The van der Waals surface area contributed by atoms with Crippen molar-refractivity contribution in [2.45, 2.75) is 26.7 Å². The summed E-state index contributed by atoms with van der Waals surface area (Å²) in [5.41, 5.74) is 2.28. The van der Waals surface area contributed by atoms with Gasteiger partial charge in [0.05, 0.1) is 23.8 Å². The molecule has 0 aliphatic carbocycles. The smallest absolute Gasteiger partial charge is 0.338 e. The lowest BCUT2D eigenvalue weighted by Gasteiger charge is -2.33. The van der Waals surface area contributed by atoms with Gasteiger partial charge in [-0.05, 0) is 51.0 Å². The molecule has 30 heavy (non-hydrogen) atoms. The minimum atomic E-state index is -0.376. The van der Waals surface area contributed by atoms with E-state index in [1.54, 1.807) is 31.2 Å². The fourth-order valence-electron chi connectivity index (χ4n) is 3.68. The molecule has 2 aromatic heterocycles. The Hall–Kier alpha value is -3.49. The summed E-state index contributed by atoms with van der Waals surface area (Å²) in [6.45, 7) is 5.28. The fraction of sp³-hybridized carbons (Fsp3) is 0.381. The summed E-state index contributed by atoms with van der Waals surface area (Å²) in [6, 6.07) is 6.71. The molecule has 1 aliphatic heterocycles. The maximum absolute atomic E-state index is 12.9. The van der Waals surface area contributed by atoms with Crippen LogP contribution in [0, 0.1) is 12.8 Å². The van der Waals surface area contributed by atoms with Gasteiger partial charge in [-0.2, -0.15) is 4.98 Å². The number of hydrogen-bond acceptors (Lipinski definition) is 8. The predicted molar refractivity (Wildman–Crippen MR) is 110 cm³/mol. The summed E-state index contributed by atoms with van der Waals surface area (Å²) in [5, 5.41) is 7.71. The molecule has 9 heteroatoms. The molecule has 156 valence electrons. The van der Waals surface area contributed by atoms with E-state index in [2.05, 4.69) is 25.3 Å². The van der Waals surface area contributed by atoms with Crippen molar-refractivity contribution < 1.29 is 18.8 Å². The van der Waals surface area contributed by atoms with Crippen molar-refractivity contribution in [2.75, 3.05) is 29.9 Å². The van der Waals surface area contributed by atoms with Crippen LogP contribution in [0.3, 0.4) is 0 Å². The van der Waals surface area contributed by atoms with Gasteiger partial charge in [-0.15, -0.1) is 0 Å². The number of nitrogens with one attached hydrogen (secondary N) is 1.